The SMILES string of the molecule is [CH2]CCCCCCCCCCCCCOC1COCC([O])C1. The van der Waals surface area contributed by atoms with Crippen LogP contribution in [0.2, 0.25) is 0 Å². The van der Waals surface area contributed by atoms with Gasteiger partial charge in [0.25, 0.3) is 0 Å². The predicted octanol–water partition coefficient (Wildman–Crippen LogP) is 5.11. The summed E-state index contributed by atoms with van der Waals surface area (Å²) in [5.41, 5.74) is 0. The minimum atomic E-state index is -0.586. The van der Waals surface area contributed by atoms with Crippen molar-refractivity contribution in [2.75, 3.05) is 19.8 Å². The van der Waals surface area contributed by atoms with Crippen LogP contribution in [0.3, 0.4) is 0 Å². The molecule has 0 saturated carbocycles. The van der Waals surface area contributed by atoms with Gasteiger partial charge in [-0.2, -0.15) is 0 Å². The lowest BCUT2D eigenvalue weighted by atomic mass is 10.1. The molecule has 0 aromatic heterocycles. The van der Waals surface area contributed by atoms with Gasteiger partial charge in [0.15, 0.2) is 0 Å². The van der Waals surface area contributed by atoms with E-state index in [4.69, 9.17) is 9.47 Å². The van der Waals surface area contributed by atoms with Crippen LogP contribution in [0.4, 0.5) is 0 Å². The molecule has 0 amide bonds. The Kier molecular flexibility index (Phi) is 13.1. The lowest BCUT2D eigenvalue weighted by Gasteiger charge is -2.25. The van der Waals surface area contributed by atoms with E-state index in [1.165, 1.54) is 64.2 Å². The van der Waals surface area contributed by atoms with Gasteiger partial charge in [0.2, 0.25) is 0 Å². The molecule has 0 aromatic rings. The first-order chi connectivity index (χ1) is 10.8. The highest BCUT2D eigenvalue weighted by molar-refractivity contribution is 4.69. The lowest BCUT2D eigenvalue weighted by molar-refractivity contribution is -0.117. The van der Waals surface area contributed by atoms with Gasteiger partial charge in [-0.1, -0.05) is 77.6 Å². The minimum absolute atomic E-state index is 0.0414. The van der Waals surface area contributed by atoms with E-state index in [0.29, 0.717) is 19.6 Å². The van der Waals surface area contributed by atoms with Crippen molar-refractivity contribution in [2.24, 2.45) is 0 Å². The van der Waals surface area contributed by atoms with Crippen molar-refractivity contribution in [1.29, 1.82) is 0 Å². The average molecular weight is 312 g/mol. The number of rotatable bonds is 14. The van der Waals surface area contributed by atoms with Gasteiger partial charge < -0.3 is 9.47 Å². The third kappa shape index (κ3) is 11.4. The third-order valence-electron chi connectivity index (χ3n) is 4.38. The van der Waals surface area contributed by atoms with Gasteiger partial charge in [0.05, 0.1) is 19.3 Å². The van der Waals surface area contributed by atoms with E-state index < -0.39 is 6.10 Å². The van der Waals surface area contributed by atoms with E-state index in [9.17, 15) is 5.11 Å². The zero-order valence-corrected chi connectivity index (χ0v) is 14.4. The number of unbranched alkanes of at least 4 members (excludes halogenated alkanes) is 11. The Bertz CT molecular complexity index is 233. The normalized spacial score (nSPS) is 22.1. The molecule has 2 radical (unpaired) electrons. The second-order valence-electron chi connectivity index (χ2n) is 6.63. The lowest BCUT2D eigenvalue weighted by Crippen LogP contribution is -2.34. The summed E-state index contributed by atoms with van der Waals surface area (Å²) < 4.78 is 10.9. The fraction of sp³-hybridized carbons (Fsp3) is 0.947. The van der Waals surface area contributed by atoms with E-state index in [0.717, 1.165) is 19.4 Å². The molecule has 0 aromatic carbocycles. The second-order valence-corrected chi connectivity index (χ2v) is 6.63. The summed E-state index contributed by atoms with van der Waals surface area (Å²) in [5, 5.41) is 11.3. The largest absolute Gasteiger partial charge is 0.376 e. The standard InChI is InChI=1S/C19H36O3/c1-2-3-4-5-6-7-8-9-10-11-12-13-14-22-19-15-18(20)16-21-17-19/h18-19H,1-17H2. The number of hydrogen-bond acceptors (Lipinski definition) is 2. The average Bonchev–Trinajstić information content (AvgIpc) is 2.52. The quantitative estimate of drug-likeness (QED) is 0.418. The highest BCUT2D eigenvalue weighted by atomic mass is 16.5. The third-order valence-corrected chi connectivity index (χ3v) is 4.38. The molecule has 2 atom stereocenters. The topological polar surface area (TPSA) is 38.4 Å². The van der Waals surface area contributed by atoms with Gasteiger partial charge in [-0.15, -0.1) is 0 Å². The maximum absolute atomic E-state index is 11.3. The molecule has 0 spiro atoms. The van der Waals surface area contributed by atoms with E-state index in [1.807, 2.05) is 0 Å². The van der Waals surface area contributed by atoms with Gasteiger partial charge in [-0.05, 0) is 6.42 Å². The van der Waals surface area contributed by atoms with Crippen LogP contribution < -0.4 is 0 Å². The zero-order chi connectivity index (χ0) is 15.9. The van der Waals surface area contributed by atoms with E-state index in [-0.39, 0.29) is 6.10 Å². The van der Waals surface area contributed by atoms with Gasteiger partial charge in [0.1, 0.15) is 6.10 Å². The maximum atomic E-state index is 11.3. The highest BCUT2D eigenvalue weighted by Gasteiger charge is 2.22. The molecule has 1 rings (SSSR count). The Morgan fingerprint density at radius 2 is 1.36 bits per heavy atom. The van der Waals surface area contributed by atoms with Gasteiger partial charge >= 0.3 is 0 Å². The summed E-state index contributed by atoms with van der Waals surface area (Å²) in [6.07, 6.45) is 15.8. The zero-order valence-electron chi connectivity index (χ0n) is 14.4. The molecule has 3 nitrogen and oxygen atoms in total. The molecule has 1 aliphatic rings. The molecule has 1 aliphatic heterocycles. The van der Waals surface area contributed by atoms with Crippen LogP contribution >= 0.6 is 0 Å². The molecule has 3 heteroatoms. The fourth-order valence-electron chi connectivity index (χ4n) is 3.00. The number of ether oxygens (including phenoxy) is 2. The van der Waals surface area contributed by atoms with Crippen molar-refractivity contribution in [2.45, 2.75) is 95.7 Å². The van der Waals surface area contributed by atoms with Gasteiger partial charge in [0, 0.05) is 13.0 Å². The summed E-state index contributed by atoms with van der Waals surface area (Å²) in [7, 11) is 0. The first-order valence-corrected chi connectivity index (χ1v) is 9.47. The van der Waals surface area contributed by atoms with Crippen molar-refractivity contribution in [3.8, 4) is 0 Å². The Balaban J connectivity index is 1.73. The Morgan fingerprint density at radius 1 is 0.818 bits per heavy atom. The second kappa shape index (κ2) is 14.5. The maximum Gasteiger partial charge on any atom is 0.119 e. The molecule has 22 heavy (non-hydrogen) atoms. The van der Waals surface area contributed by atoms with Crippen LogP contribution in [-0.2, 0) is 14.6 Å². The van der Waals surface area contributed by atoms with Crippen molar-refractivity contribution >= 4 is 0 Å². The fourth-order valence-corrected chi connectivity index (χ4v) is 3.00. The molecule has 1 heterocycles. The molecule has 1 fully saturated rings. The summed E-state index contributed by atoms with van der Waals surface area (Å²) >= 11 is 0. The molecular weight excluding hydrogens is 276 g/mol. The van der Waals surface area contributed by atoms with E-state index in [2.05, 4.69) is 6.92 Å². The number of hydrogen-bond donors (Lipinski definition) is 0. The van der Waals surface area contributed by atoms with Crippen molar-refractivity contribution in [3.05, 3.63) is 6.92 Å². The first-order valence-electron chi connectivity index (χ1n) is 9.47. The monoisotopic (exact) mass is 312 g/mol. The van der Waals surface area contributed by atoms with E-state index in [1.54, 1.807) is 0 Å². The van der Waals surface area contributed by atoms with Gasteiger partial charge in [-0.3, -0.25) is 0 Å². The van der Waals surface area contributed by atoms with Crippen LogP contribution in [0.1, 0.15) is 83.5 Å². The molecule has 0 aliphatic carbocycles. The van der Waals surface area contributed by atoms with Crippen LogP contribution in [-0.4, -0.2) is 32.0 Å². The van der Waals surface area contributed by atoms with Crippen LogP contribution in [0.25, 0.3) is 0 Å². The molecule has 2 unspecified atom stereocenters. The Labute approximate surface area is 137 Å². The summed E-state index contributed by atoms with van der Waals surface area (Å²) in [6.45, 7) is 5.62. The highest BCUT2D eigenvalue weighted by Crippen LogP contribution is 2.14. The van der Waals surface area contributed by atoms with E-state index >= 15 is 0 Å². The molecule has 130 valence electrons. The molecule has 0 N–H and O–H groups in total. The Hall–Kier alpha value is -0.120. The first kappa shape index (κ1) is 19.9. The minimum Gasteiger partial charge on any atom is -0.376 e. The van der Waals surface area contributed by atoms with Gasteiger partial charge in [-0.25, -0.2) is 5.11 Å². The smallest absolute Gasteiger partial charge is 0.119 e. The van der Waals surface area contributed by atoms with Crippen LogP contribution in [0, 0.1) is 6.92 Å². The van der Waals surface area contributed by atoms with Crippen molar-refractivity contribution in [1.82, 2.24) is 0 Å². The van der Waals surface area contributed by atoms with Crippen molar-refractivity contribution in [3.63, 3.8) is 0 Å². The van der Waals surface area contributed by atoms with Crippen molar-refractivity contribution < 1.29 is 14.6 Å². The predicted molar refractivity (Wildman–Crippen MR) is 90.4 cm³/mol. The Morgan fingerprint density at radius 3 is 1.91 bits per heavy atom. The molecular formula is C19H36O3. The van der Waals surface area contributed by atoms with Crippen LogP contribution in [0.15, 0.2) is 0 Å². The van der Waals surface area contributed by atoms with Crippen LogP contribution in [0.5, 0.6) is 0 Å². The summed E-state index contributed by atoms with van der Waals surface area (Å²) in [4.78, 5) is 0. The molecule has 0 bridgehead atoms. The summed E-state index contributed by atoms with van der Waals surface area (Å²) in [6, 6.07) is 0. The molecule has 1 saturated heterocycles. The summed E-state index contributed by atoms with van der Waals surface area (Å²) in [5.74, 6) is 0.